The average molecular weight is 271 g/mol. The van der Waals surface area contributed by atoms with Crippen LogP contribution in [0.4, 0.5) is 5.69 Å². The van der Waals surface area contributed by atoms with Crippen molar-refractivity contribution in [3.05, 3.63) is 36.0 Å². The smallest absolute Gasteiger partial charge is 0.246 e. The molecule has 3 N–H and O–H groups in total. The van der Waals surface area contributed by atoms with Crippen LogP contribution in [0, 0.1) is 6.92 Å². The number of nitrogens with two attached hydrogens (primary N) is 1. The van der Waals surface area contributed by atoms with E-state index in [1.54, 1.807) is 0 Å². The van der Waals surface area contributed by atoms with Crippen molar-refractivity contribution in [2.24, 2.45) is 5.73 Å². The minimum atomic E-state index is -0.932. The van der Waals surface area contributed by atoms with Gasteiger partial charge in [0.05, 0.1) is 17.8 Å². The average Bonchev–Trinajstić information content (AvgIpc) is 2.87. The quantitative estimate of drug-likeness (QED) is 0.869. The number of hydrogen-bond donors (Lipinski definition) is 2. The fourth-order valence-corrected chi connectivity index (χ4v) is 2.42. The van der Waals surface area contributed by atoms with E-state index in [9.17, 15) is 4.79 Å². The molecule has 1 aliphatic heterocycles. The first-order valence-electron chi connectivity index (χ1n) is 6.63. The van der Waals surface area contributed by atoms with Gasteiger partial charge in [0.2, 0.25) is 5.91 Å². The fraction of sp³-hybridized carbons (Fsp3) is 0.333. The van der Waals surface area contributed by atoms with Crippen LogP contribution in [0.15, 0.2) is 30.3 Å². The Morgan fingerprint density at radius 2 is 2.25 bits per heavy atom. The van der Waals surface area contributed by atoms with Gasteiger partial charge in [0.1, 0.15) is 5.54 Å². The summed E-state index contributed by atoms with van der Waals surface area (Å²) in [5, 5.41) is 3.84. The lowest BCUT2D eigenvalue weighted by molar-refractivity contribution is -0.121. The maximum absolute atomic E-state index is 12.4. The first-order valence-corrected chi connectivity index (χ1v) is 6.63. The fourth-order valence-electron chi connectivity index (χ4n) is 2.42. The molecule has 1 amide bonds. The molecule has 1 aromatic heterocycles. The number of carbonyl (C=O) groups is 1. The highest BCUT2D eigenvalue weighted by molar-refractivity contribution is 6.04. The van der Waals surface area contributed by atoms with Crippen molar-refractivity contribution in [2.45, 2.75) is 18.9 Å². The summed E-state index contributed by atoms with van der Waals surface area (Å²) in [4.78, 5) is 16.8. The summed E-state index contributed by atoms with van der Waals surface area (Å²) in [7, 11) is 0. The van der Waals surface area contributed by atoms with E-state index in [-0.39, 0.29) is 12.5 Å². The number of benzene rings is 1. The highest BCUT2D eigenvalue weighted by Gasteiger charge is 2.38. The van der Waals surface area contributed by atoms with Crippen LogP contribution in [-0.2, 0) is 9.53 Å². The maximum atomic E-state index is 12.4. The van der Waals surface area contributed by atoms with Gasteiger partial charge in [-0.2, -0.15) is 0 Å². The predicted octanol–water partition coefficient (Wildman–Crippen LogP) is 1.60. The first kappa shape index (κ1) is 13.0. The van der Waals surface area contributed by atoms with E-state index in [1.807, 2.05) is 37.3 Å². The van der Waals surface area contributed by atoms with E-state index >= 15 is 0 Å². The molecule has 0 bridgehead atoms. The third-order valence-corrected chi connectivity index (χ3v) is 3.60. The van der Waals surface area contributed by atoms with Gasteiger partial charge in [0, 0.05) is 17.7 Å². The molecule has 20 heavy (non-hydrogen) atoms. The van der Waals surface area contributed by atoms with E-state index in [1.165, 1.54) is 0 Å². The Morgan fingerprint density at radius 3 is 3.00 bits per heavy atom. The van der Waals surface area contributed by atoms with Crippen LogP contribution in [0.25, 0.3) is 10.9 Å². The Morgan fingerprint density at radius 1 is 1.45 bits per heavy atom. The topological polar surface area (TPSA) is 77.2 Å². The lowest BCUT2D eigenvalue weighted by Crippen LogP contribution is -2.51. The zero-order valence-electron chi connectivity index (χ0n) is 11.3. The highest BCUT2D eigenvalue weighted by Crippen LogP contribution is 2.25. The van der Waals surface area contributed by atoms with Crippen LogP contribution in [-0.4, -0.2) is 29.6 Å². The number of aromatic nitrogens is 1. The zero-order valence-corrected chi connectivity index (χ0v) is 11.3. The van der Waals surface area contributed by atoms with Gasteiger partial charge in [-0.05, 0) is 25.5 Å². The Balaban J connectivity index is 1.96. The molecule has 1 fully saturated rings. The van der Waals surface area contributed by atoms with Gasteiger partial charge >= 0.3 is 0 Å². The van der Waals surface area contributed by atoms with Gasteiger partial charge < -0.3 is 15.8 Å². The lowest BCUT2D eigenvalue weighted by Gasteiger charge is -2.21. The summed E-state index contributed by atoms with van der Waals surface area (Å²) in [5.41, 5.74) is 7.61. The Kier molecular flexibility index (Phi) is 3.16. The second-order valence-electron chi connectivity index (χ2n) is 5.24. The van der Waals surface area contributed by atoms with E-state index in [0.717, 1.165) is 22.3 Å². The molecule has 5 nitrogen and oxygen atoms in total. The van der Waals surface area contributed by atoms with Crippen molar-refractivity contribution in [1.82, 2.24) is 4.98 Å². The monoisotopic (exact) mass is 271 g/mol. The molecule has 1 unspecified atom stereocenters. The van der Waals surface area contributed by atoms with E-state index in [0.29, 0.717) is 13.0 Å². The van der Waals surface area contributed by atoms with Crippen LogP contribution in [0.1, 0.15) is 12.1 Å². The van der Waals surface area contributed by atoms with Crippen LogP contribution in [0.2, 0.25) is 0 Å². The molecule has 1 atom stereocenters. The molecule has 0 aliphatic carbocycles. The maximum Gasteiger partial charge on any atom is 0.246 e. The van der Waals surface area contributed by atoms with E-state index < -0.39 is 5.54 Å². The number of anilines is 1. The molecule has 0 saturated carbocycles. The molecule has 0 radical (unpaired) electrons. The van der Waals surface area contributed by atoms with Crippen molar-refractivity contribution in [3.8, 4) is 0 Å². The molecule has 0 spiro atoms. The standard InChI is InChI=1S/C15H17N3O2/c1-10-8-13(11-4-2-3-5-12(11)17-10)18-14(19)15(16)6-7-20-9-15/h2-5,8H,6-7,9,16H2,1H3,(H,17,18,19). The Hall–Kier alpha value is -1.98. The summed E-state index contributed by atoms with van der Waals surface area (Å²) in [5.74, 6) is -0.203. The van der Waals surface area contributed by atoms with E-state index in [2.05, 4.69) is 10.3 Å². The summed E-state index contributed by atoms with van der Waals surface area (Å²) in [6.07, 6.45) is 0.542. The molecule has 3 rings (SSSR count). The zero-order chi connectivity index (χ0) is 14.2. The number of pyridine rings is 1. The molecule has 1 aromatic carbocycles. The Labute approximate surface area is 117 Å². The van der Waals surface area contributed by atoms with Gasteiger partial charge in [-0.25, -0.2) is 0 Å². The lowest BCUT2D eigenvalue weighted by atomic mass is 9.99. The van der Waals surface area contributed by atoms with Gasteiger partial charge in [0.25, 0.3) is 0 Å². The number of hydrogen-bond acceptors (Lipinski definition) is 4. The van der Waals surface area contributed by atoms with Gasteiger partial charge in [-0.15, -0.1) is 0 Å². The number of amides is 1. The van der Waals surface area contributed by atoms with Crippen molar-refractivity contribution in [1.29, 1.82) is 0 Å². The van der Waals surface area contributed by atoms with Gasteiger partial charge in [-0.1, -0.05) is 18.2 Å². The molecular formula is C15H17N3O2. The number of fused-ring (bicyclic) bond motifs is 1. The van der Waals surface area contributed by atoms with E-state index in [4.69, 9.17) is 10.5 Å². The highest BCUT2D eigenvalue weighted by atomic mass is 16.5. The summed E-state index contributed by atoms with van der Waals surface area (Å²) in [6, 6.07) is 9.57. The van der Waals surface area contributed by atoms with Crippen molar-refractivity contribution >= 4 is 22.5 Å². The number of aryl methyl sites for hydroxylation is 1. The second kappa shape index (κ2) is 4.85. The Bertz CT molecular complexity index is 663. The number of carbonyl (C=O) groups excluding carboxylic acids is 1. The van der Waals surface area contributed by atoms with Crippen molar-refractivity contribution in [3.63, 3.8) is 0 Å². The predicted molar refractivity (Wildman–Crippen MR) is 77.5 cm³/mol. The number of para-hydroxylation sites is 1. The SMILES string of the molecule is Cc1cc(NC(=O)C2(N)CCOC2)c2ccccc2n1. The third kappa shape index (κ3) is 2.26. The molecule has 2 heterocycles. The summed E-state index contributed by atoms with van der Waals surface area (Å²) < 4.78 is 5.23. The molecule has 1 aliphatic rings. The van der Waals surface area contributed by atoms with Crippen molar-refractivity contribution in [2.75, 3.05) is 18.5 Å². The molecular weight excluding hydrogens is 254 g/mol. The van der Waals surface area contributed by atoms with Crippen molar-refractivity contribution < 1.29 is 9.53 Å². The number of rotatable bonds is 2. The largest absolute Gasteiger partial charge is 0.379 e. The molecule has 104 valence electrons. The normalized spacial score (nSPS) is 22.1. The number of nitrogens with zero attached hydrogens (tertiary/aromatic N) is 1. The van der Waals surface area contributed by atoms with Crippen LogP contribution in [0.3, 0.4) is 0 Å². The number of ether oxygens (including phenoxy) is 1. The van der Waals surface area contributed by atoms with Crippen LogP contribution >= 0.6 is 0 Å². The van der Waals surface area contributed by atoms with Gasteiger partial charge in [0.15, 0.2) is 0 Å². The van der Waals surface area contributed by atoms with Crippen LogP contribution < -0.4 is 11.1 Å². The molecule has 2 aromatic rings. The summed E-state index contributed by atoms with van der Waals surface area (Å²) in [6.45, 7) is 2.69. The second-order valence-corrected chi connectivity index (χ2v) is 5.24. The third-order valence-electron chi connectivity index (χ3n) is 3.60. The molecule has 1 saturated heterocycles. The minimum Gasteiger partial charge on any atom is -0.379 e. The van der Waals surface area contributed by atoms with Gasteiger partial charge in [-0.3, -0.25) is 9.78 Å². The number of nitrogens with one attached hydrogen (secondary N) is 1. The summed E-state index contributed by atoms with van der Waals surface area (Å²) >= 11 is 0. The van der Waals surface area contributed by atoms with Crippen LogP contribution in [0.5, 0.6) is 0 Å². The minimum absolute atomic E-state index is 0.203. The first-order chi connectivity index (χ1) is 9.58. The molecule has 5 heteroatoms.